The number of rotatable bonds is 5. The molecule has 0 aliphatic carbocycles. The molecule has 0 saturated carbocycles. The molecule has 0 amide bonds. The number of fused-ring (bicyclic) bond motifs is 1. The Kier molecular flexibility index (Phi) is 5.13. The predicted octanol–water partition coefficient (Wildman–Crippen LogP) is 2.77. The molecule has 4 rings (SSSR count). The van der Waals surface area contributed by atoms with Gasteiger partial charge in [0.05, 0.1) is 23.2 Å². The van der Waals surface area contributed by atoms with Crippen LogP contribution in [0.25, 0.3) is 0 Å². The molecule has 2 atom stereocenters. The standard InChI is InChI=1S/C19H22ClN3O3/c20-15-10-18-13(4-8-26-18)9-17(15)23-19-21-5-1-16(22-19)14(11-24)12-2-6-25-7-3-12/h1,5,9-12,14,19,22-23H,2-4,6-8H2/t14-,19?/m0/s1. The average molecular weight is 376 g/mol. The summed E-state index contributed by atoms with van der Waals surface area (Å²) in [7, 11) is 0. The maximum atomic E-state index is 11.7. The van der Waals surface area contributed by atoms with E-state index in [1.54, 1.807) is 6.21 Å². The van der Waals surface area contributed by atoms with Crippen LogP contribution >= 0.6 is 11.6 Å². The van der Waals surface area contributed by atoms with E-state index in [1.165, 1.54) is 0 Å². The first-order valence-electron chi connectivity index (χ1n) is 8.99. The van der Waals surface area contributed by atoms with Crippen LogP contribution < -0.4 is 15.4 Å². The monoisotopic (exact) mass is 375 g/mol. The second kappa shape index (κ2) is 7.68. The van der Waals surface area contributed by atoms with Crippen molar-refractivity contribution in [3.63, 3.8) is 0 Å². The van der Waals surface area contributed by atoms with Crippen LogP contribution in [-0.2, 0) is 16.0 Å². The van der Waals surface area contributed by atoms with Crippen LogP contribution in [0, 0.1) is 11.8 Å². The Balaban J connectivity index is 1.46. The van der Waals surface area contributed by atoms with Crippen LogP contribution in [0.3, 0.4) is 0 Å². The Morgan fingerprint density at radius 1 is 1.31 bits per heavy atom. The molecule has 1 aromatic rings. The highest BCUT2D eigenvalue weighted by Gasteiger charge is 2.29. The number of carbonyl (C=O) groups excluding carboxylic acids is 1. The van der Waals surface area contributed by atoms with E-state index in [0.29, 0.717) is 30.8 Å². The topological polar surface area (TPSA) is 72.0 Å². The van der Waals surface area contributed by atoms with Gasteiger partial charge in [0, 0.05) is 37.6 Å². The number of nitrogens with zero attached hydrogens (tertiary/aromatic N) is 1. The molecule has 0 bridgehead atoms. The first kappa shape index (κ1) is 17.4. The van der Waals surface area contributed by atoms with E-state index in [9.17, 15) is 4.79 Å². The third kappa shape index (κ3) is 3.57. The summed E-state index contributed by atoms with van der Waals surface area (Å²) in [4.78, 5) is 16.1. The second-order valence-electron chi connectivity index (χ2n) is 6.76. The summed E-state index contributed by atoms with van der Waals surface area (Å²) in [6, 6.07) is 3.85. The maximum Gasteiger partial charge on any atom is 0.193 e. The van der Waals surface area contributed by atoms with Crippen molar-refractivity contribution in [2.24, 2.45) is 16.8 Å². The fraction of sp³-hybridized carbons (Fsp3) is 0.474. The molecule has 6 nitrogen and oxygen atoms in total. The molecule has 7 heteroatoms. The molecule has 0 aromatic heterocycles. The zero-order chi connectivity index (χ0) is 17.9. The van der Waals surface area contributed by atoms with E-state index in [1.807, 2.05) is 18.2 Å². The van der Waals surface area contributed by atoms with Gasteiger partial charge in [0.25, 0.3) is 0 Å². The smallest absolute Gasteiger partial charge is 0.193 e. The number of aldehydes is 1. The predicted molar refractivity (Wildman–Crippen MR) is 101 cm³/mol. The highest BCUT2D eigenvalue weighted by Crippen LogP contribution is 2.35. The zero-order valence-corrected chi connectivity index (χ0v) is 15.2. The number of ether oxygens (including phenoxy) is 2. The second-order valence-corrected chi connectivity index (χ2v) is 7.17. The van der Waals surface area contributed by atoms with Gasteiger partial charge in [0.2, 0.25) is 0 Å². The van der Waals surface area contributed by atoms with E-state index in [0.717, 1.165) is 48.2 Å². The van der Waals surface area contributed by atoms with Crippen LogP contribution in [0.1, 0.15) is 18.4 Å². The molecular weight excluding hydrogens is 354 g/mol. The molecule has 0 radical (unpaired) electrons. The van der Waals surface area contributed by atoms with E-state index in [4.69, 9.17) is 21.1 Å². The first-order valence-corrected chi connectivity index (χ1v) is 9.37. The van der Waals surface area contributed by atoms with Gasteiger partial charge in [-0.15, -0.1) is 0 Å². The molecule has 3 aliphatic heterocycles. The van der Waals surface area contributed by atoms with Crippen LogP contribution in [0.5, 0.6) is 5.75 Å². The number of nitrogens with one attached hydrogen (secondary N) is 2. The number of halogens is 1. The average Bonchev–Trinajstić information content (AvgIpc) is 3.11. The molecule has 0 spiro atoms. The van der Waals surface area contributed by atoms with Gasteiger partial charge in [-0.25, -0.2) is 4.99 Å². The largest absolute Gasteiger partial charge is 0.493 e. The molecule has 26 heavy (non-hydrogen) atoms. The lowest BCUT2D eigenvalue weighted by atomic mass is 9.84. The molecule has 1 unspecified atom stereocenters. The van der Waals surface area contributed by atoms with E-state index in [2.05, 4.69) is 15.6 Å². The number of aliphatic imine (C=N–C) groups is 1. The summed E-state index contributed by atoms with van der Waals surface area (Å²) >= 11 is 6.37. The van der Waals surface area contributed by atoms with Gasteiger partial charge in [-0.3, -0.25) is 0 Å². The molecule has 1 saturated heterocycles. The molecule has 3 aliphatic rings. The van der Waals surface area contributed by atoms with Crippen molar-refractivity contribution in [2.45, 2.75) is 25.6 Å². The van der Waals surface area contributed by atoms with Crippen molar-refractivity contribution < 1.29 is 14.3 Å². The number of allylic oxidation sites excluding steroid dienone is 2. The normalized spacial score (nSPS) is 23.4. The van der Waals surface area contributed by atoms with Crippen molar-refractivity contribution in [2.75, 3.05) is 25.1 Å². The Labute approximate surface area is 157 Å². The van der Waals surface area contributed by atoms with E-state index < -0.39 is 0 Å². The maximum absolute atomic E-state index is 11.7. The molecular formula is C19H22ClN3O3. The fourth-order valence-electron chi connectivity index (χ4n) is 3.71. The Morgan fingerprint density at radius 3 is 2.96 bits per heavy atom. The summed E-state index contributed by atoms with van der Waals surface area (Å²) in [6.07, 6.45) is 6.96. The van der Waals surface area contributed by atoms with E-state index in [-0.39, 0.29) is 12.2 Å². The van der Waals surface area contributed by atoms with Crippen molar-refractivity contribution >= 4 is 29.8 Å². The minimum Gasteiger partial charge on any atom is -0.493 e. The minimum atomic E-state index is -0.366. The van der Waals surface area contributed by atoms with Crippen LogP contribution in [0.2, 0.25) is 5.02 Å². The zero-order valence-electron chi connectivity index (χ0n) is 14.4. The Morgan fingerprint density at radius 2 is 2.15 bits per heavy atom. The Bertz CT molecular complexity index is 744. The van der Waals surface area contributed by atoms with E-state index >= 15 is 0 Å². The molecule has 1 fully saturated rings. The van der Waals surface area contributed by atoms with Gasteiger partial charge >= 0.3 is 0 Å². The summed E-state index contributed by atoms with van der Waals surface area (Å²) in [5, 5.41) is 7.24. The van der Waals surface area contributed by atoms with Crippen LogP contribution in [0.4, 0.5) is 5.69 Å². The number of hydrogen-bond donors (Lipinski definition) is 2. The lowest BCUT2D eigenvalue weighted by molar-refractivity contribution is -0.112. The minimum absolute atomic E-state index is 0.168. The molecule has 3 heterocycles. The van der Waals surface area contributed by atoms with Crippen molar-refractivity contribution in [3.8, 4) is 5.75 Å². The number of anilines is 1. The number of benzene rings is 1. The van der Waals surface area contributed by atoms with Crippen LogP contribution in [-0.4, -0.2) is 38.6 Å². The quantitative estimate of drug-likeness (QED) is 0.774. The Hall–Kier alpha value is -2.05. The highest BCUT2D eigenvalue weighted by molar-refractivity contribution is 6.33. The van der Waals surface area contributed by atoms with Crippen molar-refractivity contribution in [1.82, 2.24) is 5.32 Å². The summed E-state index contributed by atoms with van der Waals surface area (Å²) in [6.45, 7) is 2.11. The lowest BCUT2D eigenvalue weighted by Crippen LogP contribution is -2.41. The highest BCUT2D eigenvalue weighted by atomic mass is 35.5. The third-order valence-corrected chi connectivity index (χ3v) is 5.46. The van der Waals surface area contributed by atoms with Crippen molar-refractivity contribution in [3.05, 3.63) is 34.5 Å². The van der Waals surface area contributed by atoms with Gasteiger partial charge in [-0.2, -0.15) is 0 Å². The molecule has 2 N–H and O–H groups in total. The molecule has 138 valence electrons. The lowest BCUT2D eigenvalue weighted by Gasteiger charge is -2.32. The first-order chi connectivity index (χ1) is 12.7. The molecule has 1 aromatic carbocycles. The van der Waals surface area contributed by atoms with Crippen LogP contribution in [0.15, 0.2) is 28.9 Å². The van der Waals surface area contributed by atoms with Gasteiger partial charge in [0.1, 0.15) is 12.0 Å². The van der Waals surface area contributed by atoms with Gasteiger partial charge in [-0.05, 0) is 36.5 Å². The fourth-order valence-corrected chi connectivity index (χ4v) is 3.91. The van der Waals surface area contributed by atoms with Crippen molar-refractivity contribution in [1.29, 1.82) is 0 Å². The summed E-state index contributed by atoms with van der Waals surface area (Å²) in [5.41, 5.74) is 2.83. The number of hydrogen-bond acceptors (Lipinski definition) is 6. The third-order valence-electron chi connectivity index (χ3n) is 5.14. The van der Waals surface area contributed by atoms with Gasteiger partial charge < -0.3 is 24.9 Å². The number of carbonyl (C=O) groups is 1. The summed E-state index contributed by atoms with van der Waals surface area (Å²) in [5.74, 6) is 0.980. The van der Waals surface area contributed by atoms with Gasteiger partial charge in [0.15, 0.2) is 6.29 Å². The SMILES string of the molecule is O=C[C@H](C1=CC=NC(Nc2cc3c(cc2Cl)OCC3)N1)C1CCOCC1. The summed E-state index contributed by atoms with van der Waals surface area (Å²) < 4.78 is 11.0. The van der Waals surface area contributed by atoms with Gasteiger partial charge in [-0.1, -0.05) is 11.6 Å².